The van der Waals surface area contributed by atoms with Gasteiger partial charge < -0.3 is 4.90 Å². The molecule has 0 unspecified atom stereocenters. The van der Waals surface area contributed by atoms with Crippen LogP contribution in [0.15, 0.2) is 36.4 Å². The van der Waals surface area contributed by atoms with Crippen LogP contribution in [0.3, 0.4) is 0 Å². The van der Waals surface area contributed by atoms with Gasteiger partial charge in [-0.15, -0.1) is 5.10 Å². The number of carbonyl (C=O) groups excluding carboxylic acids is 1. The van der Waals surface area contributed by atoms with Crippen LogP contribution in [0.4, 0.5) is 8.78 Å². The number of aromatic nitrogens is 2. The average Bonchev–Trinajstić information content (AvgIpc) is 3.08. The Morgan fingerprint density at radius 2 is 1.89 bits per heavy atom. The number of nitrogens with zero attached hydrogens (tertiary/aromatic N) is 3. The van der Waals surface area contributed by atoms with Crippen molar-refractivity contribution in [2.75, 3.05) is 13.1 Å². The lowest BCUT2D eigenvalue weighted by Crippen LogP contribution is -2.60. The van der Waals surface area contributed by atoms with Gasteiger partial charge in [-0.2, -0.15) is 5.10 Å². The number of benzene rings is 1. The minimum absolute atomic E-state index is 0.0164. The summed E-state index contributed by atoms with van der Waals surface area (Å²) >= 11 is 0. The molecule has 0 spiro atoms. The van der Waals surface area contributed by atoms with Gasteiger partial charge in [0.25, 0.3) is 0 Å². The molecular weight excluding hydrogens is 360 g/mol. The molecule has 1 saturated heterocycles. The Morgan fingerprint density at radius 1 is 1.21 bits per heavy atom. The summed E-state index contributed by atoms with van der Waals surface area (Å²) < 4.78 is 28.4. The maximum absolute atomic E-state index is 14.2. The van der Waals surface area contributed by atoms with Gasteiger partial charge in [0, 0.05) is 19.0 Å². The molecule has 1 aliphatic heterocycles. The first-order chi connectivity index (χ1) is 13.2. The van der Waals surface area contributed by atoms with Gasteiger partial charge in [-0.25, -0.2) is 8.78 Å². The first-order valence-electron chi connectivity index (χ1n) is 9.56. The molecule has 4 nitrogen and oxygen atoms in total. The van der Waals surface area contributed by atoms with Crippen LogP contribution in [-0.2, 0) is 10.2 Å². The maximum Gasteiger partial charge on any atom is 0.239 e. The molecule has 0 radical (unpaired) electrons. The van der Waals surface area contributed by atoms with E-state index in [0.29, 0.717) is 25.2 Å². The van der Waals surface area contributed by atoms with Gasteiger partial charge in [0.1, 0.15) is 17.0 Å². The summed E-state index contributed by atoms with van der Waals surface area (Å²) in [6.45, 7) is 9.94. The number of hydrogen-bond acceptors (Lipinski definition) is 3. The fourth-order valence-electron chi connectivity index (χ4n) is 5.22. The van der Waals surface area contributed by atoms with Crippen LogP contribution < -0.4 is 0 Å². The SMILES string of the molecule is C=C1[C@@H]2CC[C@@]1(C(=O)N1CC(C)(C)C1)c1nnc(-c3c(F)cccc3F)cc12. The van der Waals surface area contributed by atoms with Crippen LogP contribution in [0.2, 0.25) is 0 Å². The fourth-order valence-corrected chi connectivity index (χ4v) is 5.22. The summed E-state index contributed by atoms with van der Waals surface area (Å²) in [6.07, 6.45) is 1.46. The Morgan fingerprint density at radius 3 is 2.54 bits per heavy atom. The summed E-state index contributed by atoms with van der Waals surface area (Å²) in [4.78, 5) is 15.3. The molecule has 1 aromatic carbocycles. The van der Waals surface area contributed by atoms with E-state index in [9.17, 15) is 13.6 Å². The molecule has 0 N–H and O–H groups in total. The number of fused-ring (bicyclic) bond motifs is 5. The van der Waals surface area contributed by atoms with Crippen LogP contribution in [0, 0.1) is 17.0 Å². The first kappa shape index (κ1) is 17.5. The smallest absolute Gasteiger partial charge is 0.239 e. The summed E-state index contributed by atoms with van der Waals surface area (Å²) in [5.41, 5.74) is 1.55. The van der Waals surface area contributed by atoms with Crippen molar-refractivity contribution in [1.82, 2.24) is 15.1 Å². The standard InChI is InChI=1S/C22H21F2N3O/c1-12-13-7-8-22(12,20(28)27-10-21(2,3)11-27)19-14(13)9-17(25-26-19)18-15(23)5-4-6-16(18)24/h4-6,9,13H,1,7-8,10-11H2,2-3H3/t13-,22-/m0/s1. The highest BCUT2D eigenvalue weighted by Gasteiger charge is 2.61. The first-order valence-corrected chi connectivity index (χ1v) is 9.56. The molecule has 2 fully saturated rings. The topological polar surface area (TPSA) is 46.1 Å². The van der Waals surface area contributed by atoms with Crippen molar-refractivity contribution in [2.24, 2.45) is 5.41 Å². The van der Waals surface area contributed by atoms with Crippen molar-refractivity contribution >= 4 is 5.91 Å². The second-order valence-corrected chi connectivity index (χ2v) is 8.98. The number of halogens is 2. The van der Waals surface area contributed by atoms with Crippen molar-refractivity contribution in [2.45, 2.75) is 38.0 Å². The zero-order valence-corrected chi connectivity index (χ0v) is 15.9. The molecule has 2 bridgehead atoms. The second-order valence-electron chi connectivity index (χ2n) is 8.98. The van der Waals surface area contributed by atoms with Gasteiger partial charge in [0.05, 0.1) is 17.0 Å². The quantitative estimate of drug-likeness (QED) is 0.740. The van der Waals surface area contributed by atoms with Gasteiger partial charge in [0.2, 0.25) is 5.91 Å². The molecule has 6 heteroatoms. The third-order valence-electron chi connectivity index (χ3n) is 6.49. The monoisotopic (exact) mass is 381 g/mol. The fraction of sp³-hybridized carbons (Fsp3) is 0.409. The largest absolute Gasteiger partial charge is 0.340 e. The van der Waals surface area contributed by atoms with Crippen molar-refractivity contribution in [1.29, 1.82) is 0 Å². The van der Waals surface area contributed by atoms with Gasteiger partial charge in [0.15, 0.2) is 0 Å². The molecule has 2 aliphatic carbocycles. The Labute approximate surface area is 162 Å². The van der Waals surface area contributed by atoms with Crippen molar-refractivity contribution < 1.29 is 13.6 Å². The molecule has 2 heterocycles. The average molecular weight is 381 g/mol. The minimum atomic E-state index is -0.837. The Hall–Kier alpha value is -2.63. The van der Waals surface area contributed by atoms with Crippen LogP contribution in [-0.4, -0.2) is 34.1 Å². The molecule has 1 amide bonds. The third-order valence-corrected chi connectivity index (χ3v) is 6.49. The zero-order valence-electron chi connectivity index (χ0n) is 15.9. The van der Waals surface area contributed by atoms with Crippen LogP contribution in [0.5, 0.6) is 0 Å². The van der Waals surface area contributed by atoms with Crippen molar-refractivity contribution in [3.05, 3.63) is 59.3 Å². The van der Waals surface area contributed by atoms with E-state index in [1.165, 1.54) is 18.2 Å². The summed E-state index contributed by atoms with van der Waals surface area (Å²) in [5.74, 6) is -1.33. The van der Waals surface area contributed by atoms with E-state index >= 15 is 0 Å². The molecule has 3 aliphatic rings. The highest BCUT2D eigenvalue weighted by molar-refractivity contribution is 5.95. The Balaban J connectivity index is 1.59. The third kappa shape index (κ3) is 2.11. The highest BCUT2D eigenvalue weighted by Crippen LogP contribution is 2.60. The highest BCUT2D eigenvalue weighted by atomic mass is 19.1. The van der Waals surface area contributed by atoms with Gasteiger partial charge >= 0.3 is 0 Å². The molecule has 144 valence electrons. The second kappa shape index (κ2) is 5.46. The van der Waals surface area contributed by atoms with Gasteiger partial charge in [-0.1, -0.05) is 26.5 Å². The lowest BCUT2D eigenvalue weighted by atomic mass is 9.76. The van der Waals surface area contributed by atoms with Crippen molar-refractivity contribution in [3.63, 3.8) is 0 Å². The van der Waals surface area contributed by atoms with Crippen molar-refractivity contribution in [3.8, 4) is 11.3 Å². The van der Waals surface area contributed by atoms with E-state index < -0.39 is 17.0 Å². The number of amides is 1. The normalized spacial score (nSPS) is 26.9. The van der Waals surface area contributed by atoms with Gasteiger partial charge in [-0.05, 0) is 47.6 Å². The molecule has 2 aromatic rings. The number of carbonyl (C=O) groups is 1. The lowest BCUT2D eigenvalue weighted by molar-refractivity contribution is -0.146. The molecular formula is C22H21F2N3O. The zero-order chi connectivity index (χ0) is 19.8. The Kier molecular flexibility index (Phi) is 3.41. The predicted molar refractivity (Wildman–Crippen MR) is 101 cm³/mol. The number of likely N-dealkylation sites (tertiary alicyclic amines) is 1. The number of rotatable bonds is 2. The minimum Gasteiger partial charge on any atom is -0.340 e. The number of hydrogen-bond donors (Lipinski definition) is 0. The van der Waals surface area contributed by atoms with E-state index in [0.717, 1.165) is 17.6 Å². The van der Waals surface area contributed by atoms with Gasteiger partial charge in [-0.3, -0.25) is 4.79 Å². The predicted octanol–water partition coefficient (Wildman–Crippen LogP) is 3.98. The molecule has 28 heavy (non-hydrogen) atoms. The molecule has 1 saturated carbocycles. The van der Waals surface area contributed by atoms with E-state index in [4.69, 9.17) is 0 Å². The van der Waals surface area contributed by atoms with E-state index in [2.05, 4.69) is 30.6 Å². The van der Waals surface area contributed by atoms with Crippen LogP contribution in [0.1, 0.15) is 43.9 Å². The summed E-state index contributed by atoms with van der Waals surface area (Å²) in [7, 11) is 0. The van der Waals surface area contributed by atoms with E-state index in [1.807, 2.05) is 4.90 Å². The summed E-state index contributed by atoms with van der Waals surface area (Å²) in [6, 6.07) is 5.42. The summed E-state index contributed by atoms with van der Waals surface area (Å²) in [5, 5.41) is 8.44. The van der Waals surface area contributed by atoms with E-state index in [1.54, 1.807) is 6.07 Å². The maximum atomic E-state index is 14.2. The van der Waals surface area contributed by atoms with E-state index in [-0.39, 0.29) is 28.5 Å². The lowest BCUT2D eigenvalue weighted by Gasteiger charge is -2.48. The molecule has 5 rings (SSSR count). The molecule has 1 aromatic heterocycles. The molecule has 2 atom stereocenters. The van der Waals surface area contributed by atoms with Crippen LogP contribution in [0.25, 0.3) is 11.3 Å². The van der Waals surface area contributed by atoms with Crippen LogP contribution >= 0.6 is 0 Å². The Bertz CT molecular complexity index is 1020.